The lowest BCUT2D eigenvalue weighted by Gasteiger charge is -2.29. The lowest BCUT2D eigenvalue weighted by atomic mass is 10.1. The van der Waals surface area contributed by atoms with Crippen LogP contribution in [-0.4, -0.2) is 30.6 Å². The van der Waals surface area contributed by atoms with Crippen molar-refractivity contribution in [1.82, 2.24) is 10.2 Å². The average molecular weight is 250 g/mol. The van der Waals surface area contributed by atoms with Crippen LogP contribution in [0.3, 0.4) is 0 Å². The number of likely N-dealkylation sites (tertiary alicyclic amines) is 1. The molecule has 1 saturated heterocycles. The van der Waals surface area contributed by atoms with Gasteiger partial charge in [-0.2, -0.15) is 0 Å². The van der Waals surface area contributed by atoms with Gasteiger partial charge in [0.2, 0.25) is 0 Å². The van der Waals surface area contributed by atoms with Crippen LogP contribution in [0.1, 0.15) is 44.8 Å². The molecule has 0 amide bonds. The van der Waals surface area contributed by atoms with Crippen LogP contribution in [0.25, 0.3) is 0 Å². The van der Waals surface area contributed by atoms with E-state index in [1.165, 1.54) is 45.2 Å². The van der Waals surface area contributed by atoms with Gasteiger partial charge in [0, 0.05) is 19.1 Å². The minimum atomic E-state index is 0.804. The SMILES string of the molecule is CCC1CCCCCN1CCNCc1ccco1. The number of rotatable bonds is 6. The third-order valence-corrected chi connectivity index (χ3v) is 3.93. The first kappa shape index (κ1) is 13.6. The molecule has 1 aliphatic heterocycles. The Bertz CT molecular complexity index is 310. The van der Waals surface area contributed by atoms with Crippen LogP contribution in [0.2, 0.25) is 0 Å². The maximum absolute atomic E-state index is 5.31. The molecule has 0 spiro atoms. The van der Waals surface area contributed by atoms with Crippen molar-refractivity contribution in [2.24, 2.45) is 0 Å². The average Bonchev–Trinajstić information content (AvgIpc) is 2.80. The van der Waals surface area contributed by atoms with E-state index >= 15 is 0 Å². The van der Waals surface area contributed by atoms with E-state index < -0.39 is 0 Å². The summed E-state index contributed by atoms with van der Waals surface area (Å²) in [5, 5.41) is 3.46. The van der Waals surface area contributed by atoms with Gasteiger partial charge >= 0.3 is 0 Å². The van der Waals surface area contributed by atoms with Crippen LogP contribution in [0, 0.1) is 0 Å². The zero-order chi connectivity index (χ0) is 12.6. The molecular formula is C15H26N2O. The monoisotopic (exact) mass is 250 g/mol. The van der Waals surface area contributed by atoms with Crippen molar-refractivity contribution in [3.05, 3.63) is 24.2 Å². The minimum absolute atomic E-state index is 0.804. The number of nitrogens with one attached hydrogen (secondary N) is 1. The zero-order valence-electron chi connectivity index (χ0n) is 11.5. The van der Waals surface area contributed by atoms with E-state index in [1.54, 1.807) is 6.26 Å². The van der Waals surface area contributed by atoms with Crippen LogP contribution < -0.4 is 5.32 Å². The highest BCUT2D eigenvalue weighted by atomic mass is 16.3. The lowest BCUT2D eigenvalue weighted by molar-refractivity contribution is 0.194. The molecule has 0 radical (unpaired) electrons. The Morgan fingerprint density at radius 3 is 3.11 bits per heavy atom. The van der Waals surface area contributed by atoms with Crippen LogP contribution in [-0.2, 0) is 6.54 Å². The quantitative estimate of drug-likeness (QED) is 0.787. The third kappa shape index (κ3) is 4.14. The first-order valence-corrected chi connectivity index (χ1v) is 7.37. The fourth-order valence-electron chi connectivity index (χ4n) is 2.84. The molecule has 3 heteroatoms. The Balaban J connectivity index is 1.67. The molecular weight excluding hydrogens is 224 g/mol. The van der Waals surface area contributed by atoms with Crippen LogP contribution in [0.4, 0.5) is 0 Å². The summed E-state index contributed by atoms with van der Waals surface area (Å²) in [6, 6.07) is 4.77. The molecule has 0 aromatic carbocycles. The maximum atomic E-state index is 5.31. The lowest BCUT2D eigenvalue weighted by Crippen LogP contribution is -2.39. The van der Waals surface area contributed by atoms with E-state index in [4.69, 9.17) is 4.42 Å². The number of hydrogen-bond acceptors (Lipinski definition) is 3. The number of nitrogens with zero attached hydrogens (tertiary/aromatic N) is 1. The fraction of sp³-hybridized carbons (Fsp3) is 0.733. The highest BCUT2D eigenvalue weighted by Crippen LogP contribution is 2.18. The van der Waals surface area contributed by atoms with Crippen molar-refractivity contribution in [1.29, 1.82) is 0 Å². The topological polar surface area (TPSA) is 28.4 Å². The highest BCUT2D eigenvalue weighted by Gasteiger charge is 2.18. The number of hydrogen-bond donors (Lipinski definition) is 1. The van der Waals surface area contributed by atoms with Crippen molar-refractivity contribution in [2.45, 2.75) is 51.6 Å². The molecule has 0 bridgehead atoms. The van der Waals surface area contributed by atoms with Crippen molar-refractivity contribution in [3.63, 3.8) is 0 Å². The Morgan fingerprint density at radius 1 is 1.39 bits per heavy atom. The van der Waals surface area contributed by atoms with Crippen LogP contribution in [0.15, 0.2) is 22.8 Å². The second-order valence-electron chi connectivity index (χ2n) is 5.20. The molecule has 2 heterocycles. The summed E-state index contributed by atoms with van der Waals surface area (Å²) in [6.07, 6.45) is 8.60. The Kier molecular flexibility index (Phi) is 5.75. The molecule has 1 atom stereocenters. The van der Waals surface area contributed by atoms with Gasteiger partial charge in [0.1, 0.15) is 5.76 Å². The standard InChI is InChI=1S/C15H26N2O/c1-2-14-7-4-3-5-10-17(14)11-9-16-13-15-8-6-12-18-15/h6,8,12,14,16H,2-5,7,9-11,13H2,1H3. The minimum Gasteiger partial charge on any atom is -0.468 e. The summed E-state index contributed by atoms with van der Waals surface area (Å²) < 4.78 is 5.31. The summed E-state index contributed by atoms with van der Waals surface area (Å²) in [5.74, 6) is 1.03. The molecule has 0 saturated carbocycles. The molecule has 1 fully saturated rings. The van der Waals surface area contributed by atoms with E-state index in [1.807, 2.05) is 12.1 Å². The van der Waals surface area contributed by atoms with Gasteiger partial charge in [0.05, 0.1) is 12.8 Å². The Hall–Kier alpha value is -0.800. The van der Waals surface area contributed by atoms with Crippen molar-refractivity contribution in [2.75, 3.05) is 19.6 Å². The summed E-state index contributed by atoms with van der Waals surface area (Å²) in [5.41, 5.74) is 0. The van der Waals surface area contributed by atoms with Crippen LogP contribution >= 0.6 is 0 Å². The summed E-state index contributed by atoms with van der Waals surface area (Å²) in [7, 11) is 0. The molecule has 1 N–H and O–H groups in total. The molecule has 1 aromatic heterocycles. The van der Waals surface area contributed by atoms with Crippen molar-refractivity contribution < 1.29 is 4.42 Å². The molecule has 1 unspecified atom stereocenters. The maximum Gasteiger partial charge on any atom is 0.117 e. The van der Waals surface area contributed by atoms with Gasteiger partial charge in [-0.05, 0) is 37.9 Å². The van der Waals surface area contributed by atoms with Gasteiger partial charge in [0.25, 0.3) is 0 Å². The van der Waals surface area contributed by atoms with Gasteiger partial charge in [-0.1, -0.05) is 19.8 Å². The fourth-order valence-corrected chi connectivity index (χ4v) is 2.84. The smallest absolute Gasteiger partial charge is 0.117 e. The number of furan rings is 1. The largest absolute Gasteiger partial charge is 0.468 e. The van der Waals surface area contributed by atoms with E-state index in [9.17, 15) is 0 Å². The van der Waals surface area contributed by atoms with Gasteiger partial charge in [-0.25, -0.2) is 0 Å². The van der Waals surface area contributed by atoms with Crippen LogP contribution in [0.5, 0.6) is 0 Å². The van der Waals surface area contributed by atoms with E-state index in [2.05, 4.69) is 17.1 Å². The second-order valence-corrected chi connectivity index (χ2v) is 5.20. The van der Waals surface area contributed by atoms with E-state index in [0.717, 1.165) is 24.9 Å². The zero-order valence-corrected chi connectivity index (χ0v) is 11.5. The van der Waals surface area contributed by atoms with Crippen molar-refractivity contribution in [3.8, 4) is 0 Å². The molecule has 102 valence electrons. The second kappa shape index (κ2) is 7.59. The molecule has 1 aromatic rings. The third-order valence-electron chi connectivity index (χ3n) is 3.93. The molecule has 0 aliphatic carbocycles. The Morgan fingerprint density at radius 2 is 2.33 bits per heavy atom. The predicted molar refractivity (Wildman–Crippen MR) is 74.5 cm³/mol. The Labute approximate surface area is 111 Å². The van der Waals surface area contributed by atoms with Gasteiger partial charge < -0.3 is 9.73 Å². The molecule has 1 aliphatic rings. The van der Waals surface area contributed by atoms with E-state index in [-0.39, 0.29) is 0 Å². The normalized spacial score (nSPS) is 21.9. The van der Waals surface area contributed by atoms with Gasteiger partial charge in [0.15, 0.2) is 0 Å². The molecule has 18 heavy (non-hydrogen) atoms. The first-order chi connectivity index (χ1) is 8.90. The summed E-state index contributed by atoms with van der Waals surface area (Å²) >= 11 is 0. The van der Waals surface area contributed by atoms with Gasteiger partial charge in [-0.3, -0.25) is 4.90 Å². The van der Waals surface area contributed by atoms with Crippen molar-refractivity contribution >= 4 is 0 Å². The first-order valence-electron chi connectivity index (χ1n) is 7.37. The highest BCUT2D eigenvalue weighted by molar-refractivity contribution is 4.97. The summed E-state index contributed by atoms with van der Waals surface area (Å²) in [6.45, 7) is 6.66. The van der Waals surface area contributed by atoms with E-state index in [0.29, 0.717) is 0 Å². The van der Waals surface area contributed by atoms with Gasteiger partial charge in [-0.15, -0.1) is 0 Å². The summed E-state index contributed by atoms with van der Waals surface area (Å²) in [4.78, 5) is 2.67. The molecule has 3 nitrogen and oxygen atoms in total. The predicted octanol–water partition coefficient (Wildman–Crippen LogP) is 3.02. The molecule has 2 rings (SSSR count).